The van der Waals surface area contributed by atoms with Gasteiger partial charge in [-0.05, 0) is 44.7 Å². The van der Waals surface area contributed by atoms with E-state index in [1.165, 1.54) is 19.3 Å². The van der Waals surface area contributed by atoms with Crippen molar-refractivity contribution in [2.24, 2.45) is 0 Å². The second-order valence-corrected chi connectivity index (χ2v) is 6.16. The molecule has 1 aromatic rings. The molecule has 0 unspecified atom stereocenters. The van der Waals surface area contributed by atoms with E-state index in [9.17, 15) is 4.79 Å². The monoisotopic (exact) mass is 279 g/mol. The van der Waals surface area contributed by atoms with E-state index in [-0.39, 0.29) is 5.91 Å². The highest BCUT2D eigenvalue weighted by Gasteiger charge is 2.27. The van der Waals surface area contributed by atoms with Crippen molar-refractivity contribution >= 4 is 23.4 Å². The molecule has 0 aliphatic heterocycles. The molecule has 4 nitrogen and oxygen atoms in total. The molecule has 19 heavy (non-hydrogen) atoms. The van der Waals surface area contributed by atoms with Crippen LogP contribution in [-0.4, -0.2) is 46.9 Å². The van der Waals surface area contributed by atoms with Crippen molar-refractivity contribution in [3.05, 3.63) is 24.5 Å². The second-order valence-electron chi connectivity index (χ2n) is 5.02. The molecule has 0 spiro atoms. The maximum Gasteiger partial charge on any atom is 0.238 e. The van der Waals surface area contributed by atoms with Gasteiger partial charge in [0.2, 0.25) is 5.91 Å². The highest BCUT2D eigenvalue weighted by molar-refractivity contribution is 7.99. The van der Waals surface area contributed by atoms with Gasteiger partial charge in [-0.2, -0.15) is 11.8 Å². The van der Waals surface area contributed by atoms with Crippen molar-refractivity contribution in [2.75, 3.05) is 25.2 Å². The molecule has 5 heteroatoms. The highest BCUT2D eigenvalue weighted by Crippen LogP contribution is 2.30. The predicted molar refractivity (Wildman–Crippen MR) is 80.4 cm³/mol. The largest absolute Gasteiger partial charge is 0.325 e. The zero-order valence-corrected chi connectivity index (χ0v) is 12.3. The number of thioether (sulfide) groups is 1. The summed E-state index contributed by atoms with van der Waals surface area (Å²) in [6.07, 6.45) is 9.19. The zero-order chi connectivity index (χ0) is 13.7. The molecular weight excluding hydrogens is 258 g/mol. The molecule has 0 bridgehead atoms. The van der Waals surface area contributed by atoms with Crippen molar-refractivity contribution in [2.45, 2.75) is 30.6 Å². The summed E-state index contributed by atoms with van der Waals surface area (Å²) in [5, 5.41) is 3.66. The summed E-state index contributed by atoms with van der Waals surface area (Å²) in [5.74, 6) is 0.0429. The maximum absolute atomic E-state index is 12.0. The van der Waals surface area contributed by atoms with Crippen LogP contribution in [-0.2, 0) is 4.79 Å². The number of carbonyl (C=O) groups is 1. The Morgan fingerprint density at radius 2 is 2.21 bits per heavy atom. The predicted octanol–water partition coefficient (Wildman–Crippen LogP) is 2.24. The minimum Gasteiger partial charge on any atom is -0.325 e. The van der Waals surface area contributed by atoms with Crippen LogP contribution >= 0.6 is 11.8 Å². The fourth-order valence-electron chi connectivity index (χ4n) is 2.52. The molecule has 1 amide bonds. The molecule has 0 saturated heterocycles. The first kappa shape index (κ1) is 14.3. The Balaban J connectivity index is 1.79. The minimum atomic E-state index is 0.0429. The van der Waals surface area contributed by atoms with Gasteiger partial charge in [-0.15, -0.1) is 0 Å². The zero-order valence-electron chi connectivity index (χ0n) is 11.5. The van der Waals surface area contributed by atoms with Crippen molar-refractivity contribution in [1.82, 2.24) is 9.88 Å². The summed E-state index contributed by atoms with van der Waals surface area (Å²) in [7, 11) is 2.04. The summed E-state index contributed by atoms with van der Waals surface area (Å²) < 4.78 is 0. The van der Waals surface area contributed by atoms with Crippen LogP contribution in [0.2, 0.25) is 0 Å². The van der Waals surface area contributed by atoms with Gasteiger partial charge in [0.1, 0.15) is 0 Å². The molecule has 1 aliphatic carbocycles. The average molecular weight is 279 g/mol. The highest BCUT2D eigenvalue weighted by atomic mass is 32.2. The number of nitrogens with zero attached hydrogens (tertiary/aromatic N) is 2. The van der Waals surface area contributed by atoms with E-state index >= 15 is 0 Å². The Hall–Kier alpha value is -1.07. The molecule has 0 radical (unpaired) electrons. The molecule has 1 saturated carbocycles. The first-order valence-corrected chi connectivity index (χ1v) is 7.90. The number of hydrogen-bond acceptors (Lipinski definition) is 4. The fraction of sp³-hybridized carbons (Fsp3) is 0.571. The molecule has 2 atom stereocenters. The van der Waals surface area contributed by atoms with Gasteiger partial charge in [0.15, 0.2) is 0 Å². The quantitative estimate of drug-likeness (QED) is 0.898. The molecule has 1 fully saturated rings. The summed E-state index contributed by atoms with van der Waals surface area (Å²) in [6.45, 7) is 0.452. The number of aromatic nitrogens is 1. The topological polar surface area (TPSA) is 45.2 Å². The van der Waals surface area contributed by atoms with Gasteiger partial charge in [-0.3, -0.25) is 14.7 Å². The standard InChI is InChI=1S/C14H21N3OS/c1-17(12-3-4-13(9-12)19-2)10-14(18)16-11-5-7-15-8-6-11/h5-8,12-13H,3-4,9-10H2,1-2H3,(H,15,16,18)/t12-,13+/m0/s1. The average Bonchev–Trinajstić information content (AvgIpc) is 2.88. The van der Waals surface area contributed by atoms with Crippen LogP contribution in [0.5, 0.6) is 0 Å². The maximum atomic E-state index is 12.0. The Kier molecular flexibility index (Phi) is 5.22. The summed E-state index contributed by atoms with van der Waals surface area (Å²) in [5.41, 5.74) is 0.807. The number of carbonyl (C=O) groups excluding carboxylic acids is 1. The van der Waals surface area contributed by atoms with E-state index in [0.717, 1.165) is 10.9 Å². The van der Waals surface area contributed by atoms with Crippen LogP contribution in [0.4, 0.5) is 5.69 Å². The molecule has 1 N–H and O–H groups in total. The van der Waals surface area contributed by atoms with E-state index in [1.807, 2.05) is 18.8 Å². The van der Waals surface area contributed by atoms with E-state index in [4.69, 9.17) is 0 Å². The lowest BCUT2D eigenvalue weighted by Gasteiger charge is -2.23. The van der Waals surface area contributed by atoms with E-state index < -0.39 is 0 Å². The van der Waals surface area contributed by atoms with Gasteiger partial charge in [0.25, 0.3) is 0 Å². The smallest absolute Gasteiger partial charge is 0.238 e. The Morgan fingerprint density at radius 3 is 2.84 bits per heavy atom. The van der Waals surface area contributed by atoms with Gasteiger partial charge in [-0.1, -0.05) is 0 Å². The lowest BCUT2D eigenvalue weighted by molar-refractivity contribution is -0.117. The third-order valence-corrected chi connectivity index (χ3v) is 4.77. The number of rotatable bonds is 5. The van der Waals surface area contributed by atoms with Crippen LogP contribution in [0.1, 0.15) is 19.3 Å². The number of amides is 1. The third-order valence-electron chi connectivity index (χ3n) is 3.67. The molecule has 104 valence electrons. The van der Waals surface area contributed by atoms with Crippen LogP contribution in [0.3, 0.4) is 0 Å². The SMILES string of the molecule is CS[C@@H]1CC[C@H](N(C)CC(=O)Nc2ccncc2)C1. The lowest BCUT2D eigenvalue weighted by atomic mass is 10.2. The van der Waals surface area contributed by atoms with Crippen molar-refractivity contribution in [1.29, 1.82) is 0 Å². The van der Waals surface area contributed by atoms with Crippen LogP contribution in [0, 0.1) is 0 Å². The second kappa shape index (κ2) is 6.91. The number of hydrogen-bond donors (Lipinski definition) is 1. The summed E-state index contributed by atoms with van der Waals surface area (Å²) in [4.78, 5) is 18.1. The first-order valence-electron chi connectivity index (χ1n) is 6.62. The molecule has 1 heterocycles. The van der Waals surface area contributed by atoms with Crippen molar-refractivity contribution in [3.8, 4) is 0 Å². The summed E-state index contributed by atoms with van der Waals surface area (Å²) >= 11 is 1.94. The Labute approximate surface area is 119 Å². The first-order chi connectivity index (χ1) is 9.19. The van der Waals surface area contributed by atoms with E-state index in [1.54, 1.807) is 24.5 Å². The van der Waals surface area contributed by atoms with Gasteiger partial charge >= 0.3 is 0 Å². The summed E-state index contributed by atoms with van der Waals surface area (Å²) in [6, 6.07) is 4.15. The van der Waals surface area contributed by atoms with Gasteiger partial charge < -0.3 is 5.32 Å². The Bertz CT molecular complexity index is 412. The molecule has 2 rings (SSSR count). The molecular formula is C14H21N3OS. The lowest BCUT2D eigenvalue weighted by Crippen LogP contribution is -2.36. The van der Waals surface area contributed by atoms with Crippen LogP contribution in [0.15, 0.2) is 24.5 Å². The van der Waals surface area contributed by atoms with Crippen molar-refractivity contribution < 1.29 is 4.79 Å². The molecule has 1 aliphatic rings. The normalized spacial score (nSPS) is 22.7. The molecule has 1 aromatic heterocycles. The number of nitrogens with one attached hydrogen (secondary N) is 1. The van der Waals surface area contributed by atoms with Gasteiger partial charge in [0, 0.05) is 29.4 Å². The minimum absolute atomic E-state index is 0.0429. The fourth-order valence-corrected chi connectivity index (χ4v) is 3.31. The van der Waals surface area contributed by atoms with Crippen LogP contribution < -0.4 is 5.32 Å². The van der Waals surface area contributed by atoms with Gasteiger partial charge in [0.05, 0.1) is 6.54 Å². The third kappa shape index (κ3) is 4.21. The number of anilines is 1. The van der Waals surface area contributed by atoms with Gasteiger partial charge in [-0.25, -0.2) is 0 Å². The van der Waals surface area contributed by atoms with Crippen molar-refractivity contribution in [3.63, 3.8) is 0 Å². The number of likely N-dealkylation sites (N-methyl/N-ethyl adjacent to an activating group) is 1. The Morgan fingerprint density at radius 1 is 1.47 bits per heavy atom. The van der Waals surface area contributed by atoms with Crippen LogP contribution in [0.25, 0.3) is 0 Å². The molecule has 0 aromatic carbocycles. The number of pyridine rings is 1. The van der Waals surface area contributed by atoms with E-state index in [2.05, 4.69) is 21.5 Å². The van der Waals surface area contributed by atoms with E-state index in [0.29, 0.717) is 12.6 Å².